The van der Waals surface area contributed by atoms with Crippen molar-refractivity contribution in [2.75, 3.05) is 11.1 Å². The molecule has 1 amide bonds. The van der Waals surface area contributed by atoms with Gasteiger partial charge in [0.05, 0.1) is 16.7 Å². The molecule has 160 valence electrons. The maximum Gasteiger partial charge on any atom is 0.417 e. The molecule has 0 saturated carbocycles. The number of aromatic nitrogens is 1. The zero-order valence-electron chi connectivity index (χ0n) is 15.5. The number of hydrogen-bond donors (Lipinski definition) is 1. The number of nitrogens with one attached hydrogen (secondary N) is 1. The lowest BCUT2D eigenvalue weighted by Gasteiger charge is -2.13. The van der Waals surface area contributed by atoms with E-state index in [-0.39, 0.29) is 35.0 Å². The van der Waals surface area contributed by atoms with Gasteiger partial charge in [-0.3, -0.25) is 4.79 Å². The second-order valence-corrected chi connectivity index (χ2v) is 7.26. The van der Waals surface area contributed by atoms with Gasteiger partial charge in [-0.15, -0.1) is 11.8 Å². The number of carbonyl (C=O) groups is 1. The van der Waals surface area contributed by atoms with E-state index in [0.717, 1.165) is 30.0 Å². The molecular weight excluding hydrogens is 432 g/mol. The van der Waals surface area contributed by atoms with E-state index < -0.39 is 35.0 Å². The van der Waals surface area contributed by atoms with E-state index in [9.17, 15) is 31.1 Å². The van der Waals surface area contributed by atoms with Gasteiger partial charge in [0.15, 0.2) is 0 Å². The number of halogens is 6. The summed E-state index contributed by atoms with van der Waals surface area (Å²) in [6.45, 7) is 1.38. The lowest BCUT2D eigenvalue weighted by molar-refractivity contribution is -0.138. The minimum absolute atomic E-state index is 0.00980. The number of pyridine rings is 1. The fourth-order valence-electron chi connectivity index (χ4n) is 2.48. The van der Waals surface area contributed by atoms with Gasteiger partial charge in [-0.1, -0.05) is 6.07 Å². The summed E-state index contributed by atoms with van der Waals surface area (Å²) in [6, 6.07) is 6.49. The summed E-state index contributed by atoms with van der Waals surface area (Å²) in [6.07, 6.45) is -9.08. The average Bonchev–Trinajstić information content (AvgIpc) is 2.63. The average molecular weight is 447 g/mol. The number of nitrogens with zero attached hydrogens (tertiary/aromatic N) is 2. The minimum Gasteiger partial charge on any atom is -0.326 e. The minimum atomic E-state index is -4.70. The van der Waals surface area contributed by atoms with Gasteiger partial charge in [0.2, 0.25) is 5.91 Å². The standard InChI is InChI=1S/C19H15F6N3OS/c1-11-8-15(19(23,24)25)14(10-26)17(27-11)30-7-3-6-16(29)28-13-5-2-4-12(9-13)18(20,21)22/h2,4-5,8-9H,3,6-7H2,1H3,(H,28,29). The quantitative estimate of drug-likeness (QED) is 0.345. The van der Waals surface area contributed by atoms with Crippen molar-refractivity contribution in [1.82, 2.24) is 4.98 Å². The second kappa shape index (κ2) is 9.38. The van der Waals surface area contributed by atoms with E-state index in [4.69, 9.17) is 5.26 Å². The van der Waals surface area contributed by atoms with E-state index in [1.807, 2.05) is 0 Å². The molecule has 0 fully saturated rings. The molecule has 0 aliphatic rings. The van der Waals surface area contributed by atoms with Gasteiger partial charge in [-0.05, 0) is 37.6 Å². The Morgan fingerprint density at radius 3 is 2.47 bits per heavy atom. The summed E-state index contributed by atoms with van der Waals surface area (Å²) in [5.74, 6) is -0.345. The SMILES string of the molecule is Cc1cc(C(F)(F)F)c(C#N)c(SCCCC(=O)Nc2cccc(C(F)(F)F)c2)n1. The molecule has 0 atom stereocenters. The molecule has 0 unspecified atom stereocenters. The van der Waals surface area contributed by atoms with Gasteiger partial charge in [0.1, 0.15) is 11.1 Å². The molecule has 4 nitrogen and oxygen atoms in total. The first-order valence-corrected chi connectivity index (χ1v) is 9.49. The van der Waals surface area contributed by atoms with Crippen molar-refractivity contribution in [3.8, 4) is 6.07 Å². The summed E-state index contributed by atoms with van der Waals surface area (Å²) in [7, 11) is 0. The van der Waals surface area contributed by atoms with Crippen LogP contribution in [-0.4, -0.2) is 16.6 Å². The summed E-state index contributed by atoms with van der Waals surface area (Å²) in [4.78, 5) is 15.9. The third-order valence-corrected chi connectivity index (χ3v) is 4.85. The van der Waals surface area contributed by atoms with Crippen LogP contribution in [0.4, 0.5) is 32.0 Å². The van der Waals surface area contributed by atoms with Crippen molar-refractivity contribution < 1.29 is 31.1 Å². The molecule has 0 bridgehead atoms. The Hall–Kier alpha value is -2.74. The van der Waals surface area contributed by atoms with Gasteiger partial charge in [0.25, 0.3) is 0 Å². The van der Waals surface area contributed by atoms with Crippen molar-refractivity contribution in [1.29, 1.82) is 5.26 Å². The molecule has 1 aromatic heterocycles. The molecule has 1 heterocycles. The van der Waals surface area contributed by atoms with Crippen LogP contribution in [0.1, 0.15) is 35.2 Å². The normalized spacial score (nSPS) is 11.8. The van der Waals surface area contributed by atoms with Crippen molar-refractivity contribution >= 4 is 23.4 Å². The molecule has 0 aliphatic carbocycles. The predicted octanol–water partition coefficient (Wildman–Crippen LogP) is 5.81. The Morgan fingerprint density at radius 1 is 1.17 bits per heavy atom. The summed E-state index contributed by atoms with van der Waals surface area (Å²) in [5, 5.41) is 11.4. The molecular formula is C19H15F6N3OS. The second-order valence-electron chi connectivity index (χ2n) is 6.18. The van der Waals surface area contributed by atoms with E-state index in [1.54, 1.807) is 0 Å². The molecule has 0 aliphatic heterocycles. The van der Waals surface area contributed by atoms with E-state index >= 15 is 0 Å². The van der Waals surface area contributed by atoms with Crippen LogP contribution in [0.5, 0.6) is 0 Å². The Morgan fingerprint density at radius 2 is 1.87 bits per heavy atom. The summed E-state index contributed by atoms with van der Waals surface area (Å²) in [5.41, 5.74) is -2.45. The Balaban J connectivity index is 1.95. The van der Waals surface area contributed by atoms with Crippen LogP contribution >= 0.6 is 11.8 Å². The third-order valence-electron chi connectivity index (χ3n) is 3.79. The zero-order chi connectivity index (χ0) is 22.5. The molecule has 0 saturated heterocycles. The number of hydrogen-bond acceptors (Lipinski definition) is 4. The van der Waals surface area contributed by atoms with Crippen LogP contribution in [0.2, 0.25) is 0 Å². The summed E-state index contributed by atoms with van der Waals surface area (Å²) < 4.78 is 77.3. The fraction of sp³-hybridized carbons (Fsp3) is 0.316. The van der Waals surface area contributed by atoms with Crippen LogP contribution in [0, 0.1) is 18.3 Å². The Bertz CT molecular complexity index is 966. The number of alkyl halides is 6. The van der Waals surface area contributed by atoms with Crippen LogP contribution in [0.3, 0.4) is 0 Å². The van der Waals surface area contributed by atoms with Crippen molar-refractivity contribution in [2.45, 2.75) is 37.1 Å². The number of carbonyl (C=O) groups excluding carboxylic acids is 1. The highest BCUT2D eigenvalue weighted by Crippen LogP contribution is 2.36. The lowest BCUT2D eigenvalue weighted by Crippen LogP contribution is -2.13. The smallest absolute Gasteiger partial charge is 0.326 e. The molecule has 0 spiro atoms. The van der Waals surface area contributed by atoms with Crippen LogP contribution < -0.4 is 5.32 Å². The maximum atomic E-state index is 13.1. The lowest BCUT2D eigenvalue weighted by atomic mass is 10.1. The Kier molecular flexibility index (Phi) is 7.36. The number of thioether (sulfide) groups is 1. The molecule has 2 aromatic rings. The maximum absolute atomic E-state index is 13.1. The molecule has 1 aromatic carbocycles. The molecule has 0 radical (unpaired) electrons. The first-order chi connectivity index (χ1) is 13.9. The van der Waals surface area contributed by atoms with Gasteiger partial charge < -0.3 is 5.32 Å². The molecule has 1 N–H and O–H groups in total. The van der Waals surface area contributed by atoms with Gasteiger partial charge >= 0.3 is 12.4 Å². The third kappa shape index (κ3) is 6.38. The number of nitriles is 1. The first-order valence-electron chi connectivity index (χ1n) is 8.50. The molecule has 11 heteroatoms. The van der Waals surface area contributed by atoms with E-state index in [2.05, 4.69) is 10.3 Å². The number of rotatable bonds is 6. The molecule has 2 rings (SSSR count). The number of amides is 1. The van der Waals surface area contributed by atoms with Gasteiger partial charge in [-0.25, -0.2) is 4.98 Å². The molecule has 30 heavy (non-hydrogen) atoms. The van der Waals surface area contributed by atoms with Gasteiger partial charge in [0, 0.05) is 23.6 Å². The number of aryl methyl sites for hydroxylation is 1. The number of anilines is 1. The first kappa shape index (κ1) is 23.5. The summed E-state index contributed by atoms with van der Waals surface area (Å²) >= 11 is 0.908. The Labute approximate surface area is 172 Å². The predicted molar refractivity (Wildman–Crippen MR) is 98.7 cm³/mol. The number of benzene rings is 1. The van der Waals surface area contributed by atoms with Crippen LogP contribution in [0.15, 0.2) is 35.4 Å². The van der Waals surface area contributed by atoms with E-state index in [1.165, 1.54) is 25.1 Å². The van der Waals surface area contributed by atoms with Crippen molar-refractivity contribution in [3.63, 3.8) is 0 Å². The highest BCUT2D eigenvalue weighted by Gasteiger charge is 2.35. The van der Waals surface area contributed by atoms with Crippen LogP contribution in [-0.2, 0) is 17.1 Å². The van der Waals surface area contributed by atoms with E-state index in [0.29, 0.717) is 0 Å². The highest BCUT2D eigenvalue weighted by molar-refractivity contribution is 7.99. The highest BCUT2D eigenvalue weighted by atomic mass is 32.2. The van der Waals surface area contributed by atoms with Gasteiger partial charge in [-0.2, -0.15) is 31.6 Å². The topological polar surface area (TPSA) is 65.8 Å². The largest absolute Gasteiger partial charge is 0.417 e. The monoisotopic (exact) mass is 447 g/mol. The van der Waals surface area contributed by atoms with Crippen molar-refractivity contribution in [2.24, 2.45) is 0 Å². The fourth-order valence-corrected chi connectivity index (χ4v) is 3.47. The van der Waals surface area contributed by atoms with Crippen LogP contribution in [0.25, 0.3) is 0 Å². The van der Waals surface area contributed by atoms with Crippen molar-refractivity contribution in [3.05, 3.63) is 52.7 Å². The zero-order valence-corrected chi connectivity index (χ0v) is 16.3.